The van der Waals surface area contributed by atoms with Crippen molar-refractivity contribution in [3.63, 3.8) is 0 Å². The van der Waals surface area contributed by atoms with E-state index in [1.807, 2.05) is 15.8 Å². The van der Waals surface area contributed by atoms with Gasteiger partial charge in [0.25, 0.3) is 0 Å². The zero-order valence-corrected chi connectivity index (χ0v) is 25.1. The molecule has 0 spiro atoms. The van der Waals surface area contributed by atoms with E-state index in [0.29, 0.717) is 50.1 Å². The topological polar surface area (TPSA) is 208 Å². The Bertz CT molecular complexity index is 1160. The molecule has 2 fully saturated rings. The van der Waals surface area contributed by atoms with E-state index in [-0.39, 0.29) is 6.04 Å². The fourth-order valence-corrected chi connectivity index (χ4v) is 5.89. The number of nitrogen functional groups attached to an aromatic ring is 1. The normalized spacial score (nSPS) is 17.0. The minimum Gasteiger partial charge on any atom is -0.383 e. The summed E-state index contributed by atoms with van der Waals surface area (Å²) >= 11 is 0. The Morgan fingerprint density at radius 1 is 1.02 bits per heavy atom. The predicted molar refractivity (Wildman–Crippen MR) is 161 cm³/mol. The molecule has 1 aliphatic carbocycles. The van der Waals surface area contributed by atoms with Crippen LogP contribution in [-0.2, 0) is 22.4 Å². The van der Waals surface area contributed by atoms with Crippen LogP contribution in [-0.4, -0.2) is 91.6 Å². The molecule has 42 heavy (non-hydrogen) atoms. The number of amides is 1. The number of aryl methyl sites for hydroxylation is 1. The van der Waals surface area contributed by atoms with Gasteiger partial charge in [-0.1, -0.05) is 24.5 Å². The van der Waals surface area contributed by atoms with Gasteiger partial charge >= 0.3 is 7.60 Å². The van der Waals surface area contributed by atoms with Crippen LogP contribution in [0.4, 0.5) is 17.6 Å². The number of hydrogen-bond acceptors (Lipinski definition) is 11. The van der Waals surface area contributed by atoms with E-state index in [1.54, 1.807) is 6.07 Å². The van der Waals surface area contributed by atoms with Gasteiger partial charge < -0.3 is 41.7 Å². The maximum absolute atomic E-state index is 11.8. The summed E-state index contributed by atoms with van der Waals surface area (Å²) in [6.07, 6.45) is 11.2. The van der Waals surface area contributed by atoms with Crippen LogP contribution in [0.3, 0.4) is 0 Å². The van der Waals surface area contributed by atoms with Crippen molar-refractivity contribution in [2.45, 2.75) is 83.0 Å². The minimum absolute atomic E-state index is 0.149. The van der Waals surface area contributed by atoms with Crippen molar-refractivity contribution in [3.8, 4) is 0 Å². The van der Waals surface area contributed by atoms with Crippen molar-refractivity contribution >= 4 is 31.1 Å². The summed E-state index contributed by atoms with van der Waals surface area (Å²) in [5, 5.41) is 21.5. The summed E-state index contributed by atoms with van der Waals surface area (Å²) in [7, 11) is -4.38. The zero-order chi connectivity index (χ0) is 29.8. The molecular formula is C26H46N11O4P. The van der Waals surface area contributed by atoms with Gasteiger partial charge in [0.2, 0.25) is 11.9 Å². The van der Waals surface area contributed by atoms with Crippen molar-refractivity contribution in [2.75, 3.05) is 54.8 Å². The van der Waals surface area contributed by atoms with Crippen molar-refractivity contribution in [2.24, 2.45) is 0 Å². The number of anilines is 3. The van der Waals surface area contributed by atoms with E-state index in [4.69, 9.17) is 15.5 Å². The molecule has 0 aromatic carbocycles. The quantitative estimate of drug-likeness (QED) is 0.104. The molecule has 1 aliphatic heterocycles. The first-order chi connectivity index (χ1) is 20.2. The Morgan fingerprint density at radius 2 is 1.79 bits per heavy atom. The molecule has 0 unspecified atom stereocenters. The number of nitrogens with two attached hydrogens (primary N) is 1. The molecule has 234 valence electrons. The van der Waals surface area contributed by atoms with Gasteiger partial charge in [-0.2, -0.15) is 9.97 Å². The largest absolute Gasteiger partial charge is 0.383 e. The van der Waals surface area contributed by atoms with Gasteiger partial charge in [-0.3, -0.25) is 14.0 Å². The lowest BCUT2D eigenvalue weighted by atomic mass is 9.95. The van der Waals surface area contributed by atoms with E-state index in [1.165, 1.54) is 32.1 Å². The Hall–Kier alpha value is -2.84. The second-order valence-corrected chi connectivity index (χ2v) is 12.8. The van der Waals surface area contributed by atoms with Crippen molar-refractivity contribution in [1.82, 2.24) is 40.9 Å². The van der Waals surface area contributed by atoms with Crippen LogP contribution in [0.1, 0.15) is 63.5 Å². The molecule has 1 amide bonds. The summed E-state index contributed by atoms with van der Waals surface area (Å²) in [5.74, 6) is 0.756. The van der Waals surface area contributed by atoms with Gasteiger partial charge in [0.05, 0.1) is 12.7 Å². The zero-order valence-electron chi connectivity index (χ0n) is 24.2. The van der Waals surface area contributed by atoms with Crippen LogP contribution in [0.2, 0.25) is 0 Å². The molecule has 1 saturated carbocycles. The third-order valence-electron chi connectivity index (χ3n) is 7.59. The Labute approximate surface area is 247 Å². The second kappa shape index (κ2) is 16.1. The molecule has 0 atom stereocenters. The highest BCUT2D eigenvalue weighted by Gasteiger charge is 2.25. The lowest BCUT2D eigenvalue weighted by Gasteiger charge is -2.33. The third kappa shape index (κ3) is 11.4. The smallest absolute Gasteiger partial charge is 0.334 e. The summed E-state index contributed by atoms with van der Waals surface area (Å²) in [6.45, 7) is 5.44. The number of carbonyl (C=O) groups is 1. The molecule has 3 heterocycles. The van der Waals surface area contributed by atoms with Gasteiger partial charge in [0.1, 0.15) is 23.5 Å². The molecule has 0 radical (unpaired) electrons. The molecule has 4 rings (SSSR count). The number of nitrogens with zero attached hydrogens (tertiary/aromatic N) is 6. The first-order valence-corrected chi connectivity index (χ1v) is 16.8. The maximum atomic E-state index is 11.8. The molecule has 8 N–H and O–H groups in total. The second-order valence-electron chi connectivity index (χ2n) is 11.2. The Kier molecular flexibility index (Phi) is 12.3. The van der Waals surface area contributed by atoms with E-state index >= 15 is 0 Å². The summed E-state index contributed by atoms with van der Waals surface area (Å²) in [4.78, 5) is 40.7. The van der Waals surface area contributed by atoms with Crippen LogP contribution >= 0.6 is 7.60 Å². The number of hydrogen-bond donors (Lipinski definition) is 7. The highest BCUT2D eigenvalue weighted by Crippen LogP contribution is 2.33. The van der Waals surface area contributed by atoms with Crippen molar-refractivity contribution < 1.29 is 19.1 Å². The summed E-state index contributed by atoms with van der Waals surface area (Å²) in [5.41, 5.74) is 6.82. The van der Waals surface area contributed by atoms with Crippen molar-refractivity contribution in [3.05, 3.63) is 18.0 Å². The monoisotopic (exact) mass is 607 g/mol. The van der Waals surface area contributed by atoms with Crippen LogP contribution in [0.5, 0.6) is 0 Å². The average Bonchev–Trinajstić information content (AvgIpc) is 3.41. The number of rotatable bonds is 16. The lowest BCUT2D eigenvalue weighted by Crippen LogP contribution is -2.45. The van der Waals surface area contributed by atoms with E-state index in [9.17, 15) is 9.36 Å². The molecule has 2 aromatic heterocycles. The van der Waals surface area contributed by atoms with Gasteiger partial charge in [0, 0.05) is 37.8 Å². The fraction of sp³-hybridized carbons (Fsp3) is 0.731. The molecule has 1 saturated heterocycles. The summed E-state index contributed by atoms with van der Waals surface area (Å²) in [6, 6.07) is 2.28. The van der Waals surface area contributed by atoms with Crippen LogP contribution in [0, 0.1) is 0 Å². The molecule has 2 aliphatic rings. The number of aromatic nitrogens is 5. The first-order valence-electron chi connectivity index (χ1n) is 15.0. The predicted octanol–water partition coefficient (Wildman–Crippen LogP) is 0.817. The van der Waals surface area contributed by atoms with E-state index < -0.39 is 19.7 Å². The van der Waals surface area contributed by atoms with E-state index in [2.05, 4.69) is 41.5 Å². The molecule has 15 nitrogen and oxygen atoms in total. The minimum atomic E-state index is -4.38. The molecule has 2 aromatic rings. The molecular weight excluding hydrogens is 561 g/mol. The maximum Gasteiger partial charge on any atom is 0.334 e. The van der Waals surface area contributed by atoms with E-state index in [0.717, 1.165) is 50.8 Å². The Morgan fingerprint density at radius 3 is 2.55 bits per heavy atom. The van der Waals surface area contributed by atoms with Crippen LogP contribution < -0.4 is 31.9 Å². The highest BCUT2D eigenvalue weighted by atomic mass is 31.2. The molecule has 16 heteroatoms. The lowest BCUT2D eigenvalue weighted by molar-refractivity contribution is -0.119. The molecule has 0 bridgehead atoms. The number of piperidine rings is 1. The number of carbonyl (C=O) groups excluding carboxylic acids is 1. The summed E-state index contributed by atoms with van der Waals surface area (Å²) < 4.78 is 12.9. The van der Waals surface area contributed by atoms with Gasteiger partial charge in [-0.15, -0.1) is 5.10 Å². The SMILES string of the molecule is Nc1cc(N2CCC(NC(=O)CP(=O)(O)O)CC2)nc(NCc2cn(CCCNCCCNC3CCCCC3)nn2)n1. The highest BCUT2D eigenvalue weighted by molar-refractivity contribution is 7.52. The first kappa shape index (κ1) is 32.1. The van der Waals surface area contributed by atoms with Crippen LogP contribution in [0.15, 0.2) is 12.3 Å². The van der Waals surface area contributed by atoms with Gasteiger partial charge in [-0.25, -0.2) is 0 Å². The van der Waals surface area contributed by atoms with Crippen molar-refractivity contribution in [1.29, 1.82) is 0 Å². The average molecular weight is 608 g/mol. The standard InChI is InChI=1S/C26H46N11O4P/c27-23-16-24(36-14-8-21(9-15-36)31-25(38)19-42(39,40)41)33-26(32-23)30-17-22-18-37(35-34-22)13-5-11-28-10-4-12-29-20-6-2-1-3-7-20/h16,18,20-21,28-29H,1-15,17,19H2,(H,31,38)(H2,39,40,41)(H3,27,30,32,33). The van der Waals surface area contributed by atoms with Gasteiger partial charge in [-0.05, 0) is 58.2 Å². The fourth-order valence-electron chi connectivity index (χ4n) is 5.42. The van der Waals surface area contributed by atoms with Crippen LogP contribution in [0.25, 0.3) is 0 Å². The number of nitrogens with one attached hydrogen (secondary N) is 4. The third-order valence-corrected chi connectivity index (χ3v) is 8.29. The van der Waals surface area contributed by atoms with Gasteiger partial charge in [0.15, 0.2) is 0 Å². The Balaban J connectivity index is 1.12.